The molecule has 3 fully saturated rings. The summed E-state index contributed by atoms with van der Waals surface area (Å²) < 4.78 is 32.7. The van der Waals surface area contributed by atoms with Crippen molar-refractivity contribution in [2.45, 2.75) is 99.0 Å². The second kappa shape index (κ2) is 11.6. The summed E-state index contributed by atoms with van der Waals surface area (Å²) in [5, 5.41) is 90.7. The van der Waals surface area contributed by atoms with Crippen molar-refractivity contribution < 1.29 is 74.4 Å². The zero-order valence-corrected chi connectivity index (χ0v) is 18.5. The topological polar surface area (TPSA) is 237 Å². The summed E-state index contributed by atoms with van der Waals surface area (Å²) in [6.45, 7) is 0.0111. The lowest BCUT2D eigenvalue weighted by molar-refractivity contribution is -0.384. The Labute approximate surface area is 194 Å². The first-order valence-corrected chi connectivity index (χ1v) is 10.8. The molecule has 9 N–H and O–H groups in total. The van der Waals surface area contributed by atoms with E-state index in [1.165, 1.54) is 14.0 Å². The van der Waals surface area contributed by atoms with E-state index in [0.717, 1.165) is 0 Å². The first kappa shape index (κ1) is 28.0. The van der Waals surface area contributed by atoms with E-state index in [9.17, 15) is 46.0 Å². The molecule has 15 nitrogen and oxygen atoms in total. The van der Waals surface area contributed by atoms with Gasteiger partial charge in [-0.2, -0.15) is 0 Å². The van der Waals surface area contributed by atoms with Gasteiger partial charge >= 0.3 is 0 Å². The largest absolute Gasteiger partial charge is 0.394 e. The number of rotatable bonds is 7. The van der Waals surface area contributed by atoms with E-state index in [2.05, 4.69) is 0 Å². The van der Waals surface area contributed by atoms with Gasteiger partial charge in [-0.1, -0.05) is 0 Å². The zero-order valence-electron chi connectivity index (χ0n) is 18.5. The number of hydrogen-bond acceptors (Lipinski definition) is 15. The molecule has 0 bridgehead atoms. The van der Waals surface area contributed by atoms with Crippen molar-refractivity contribution in [2.24, 2.45) is 0 Å². The summed E-state index contributed by atoms with van der Waals surface area (Å²) in [6.07, 6.45) is -22.6. The molecule has 0 spiro atoms. The first-order valence-electron chi connectivity index (χ1n) is 10.8. The van der Waals surface area contributed by atoms with Gasteiger partial charge in [-0.15, -0.1) is 0 Å². The molecule has 0 amide bonds. The molecular formula is C19H34O15. The predicted octanol–water partition coefficient (Wildman–Crippen LogP) is -5.89. The number of aliphatic hydroxyl groups excluding tert-OH is 9. The molecule has 15 heteroatoms. The quantitative estimate of drug-likeness (QED) is 0.157. The lowest BCUT2D eigenvalue weighted by Gasteiger charge is -2.48. The van der Waals surface area contributed by atoms with Crippen LogP contribution in [0.25, 0.3) is 0 Å². The molecule has 15 atom stereocenters. The van der Waals surface area contributed by atoms with Crippen molar-refractivity contribution in [1.29, 1.82) is 0 Å². The van der Waals surface area contributed by atoms with Crippen LogP contribution in [-0.2, 0) is 28.4 Å². The van der Waals surface area contributed by atoms with Crippen molar-refractivity contribution >= 4 is 0 Å². The van der Waals surface area contributed by atoms with Crippen LogP contribution >= 0.6 is 0 Å². The highest BCUT2D eigenvalue weighted by Gasteiger charge is 2.53. The summed E-state index contributed by atoms with van der Waals surface area (Å²) in [4.78, 5) is 0. The minimum Gasteiger partial charge on any atom is -0.394 e. The maximum Gasteiger partial charge on any atom is 0.187 e. The van der Waals surface area contributed by atoms with Crippen molar-refractivity contribution in [3.8, 4) is 0 Å². The maximum absolute atomic E-state index is 10.8. The van der Waals surface area contributed by atoms with Crippen LogP contribution in [0.2, 0.25) is 0 Å². The molecule has 200 valence electrons. The van der Waals surface area contributed by atoms with Crippen LogP contribution in [0.4, 0.5) is 0 Å². The van der Waals surface area contributed by atoms with E-state index in [-0.39, 0.29) is 0 Å². The van der Waals surface area contributed by atoms with Gasteiger partial charge in [0, 0.05) is 7.11 Å². The van der Waals surface area contributed by atoms with E-state index in [4.69, 9.17) is 28.4 Å². The first-order chi connectivity index (χ1) is 16.0. The van der Waals surface area contributed by atoms with Gasteiger partial charge in [0.05, 0.1) is 19.3 Å². The second-order valence-corrected chi connectivity index (χ2v) is 8.53. The van der Waals surface area contributed by atoms with Gasteiger partial charge in [-0.05, 0) is 6.92 Å². The lowest BCUT2D eigenvalue weighted by atomic mass is 9.96. The minimum atomic E-state index is -1.80. The van der Waals surface area contributed by atoms with Crippen LogP contribution in [0.3, 0.4) is 0 Å². The van der Waals surface area contributed by atoms with Gasteiger partial charge in [0.2, 0.25) is 0 Å². The molecule has 0 aromatic heterocycles. The molecule has 3 aliphatic rings. The van der Waals surface area contributed by atoms with Gasteiger partial charge < -0.3 is 74.4 Å². The number of ether oxygens (including phenoxy) is 6. The third-order valence-electron chi connectivity index (χ3n) is 6.27. The molecule has 0 aromatic carbocycles. The predicted molar refractivity (Wildman–Crippen MR) is 105 cm³/mol. The van der Waals surface area contributed by atoms with Crippen molar-refractivity contribution in [3.63, 3.8) is 0 Å². The lowest BCUT2D eigenvalue weighted by Crippen LogP contribution is -2.67. The average molecular weight is 502 g/mol. The molecular weight excluding hydrogens is 468 g/mol. The Morgan fingerprint density at radius 1 is 0.559 bits per heavy atom. The Bertz CT molecular complexity index is 639. The molecule has 0 aliphatic carbocycles. The Morgan fingerprint density at radius 3 is 1.62 bits per heavy atom. The summed E-state index contributed by atoms with van der Waals surface area (Å²) in [7, 11) is 1.21. The molecule has 0 saturated carbocycles. The number of methoxy groups -OCH3 is 1. The second-order valence-electron chi connectivity index (χ2n) is 8.53. The van der Waals surface area contributed by atoms with E-state index in [1.807, 2.05) is 0 Å². The smallest absolute Gasteiger partial charge is 0.187 e. The molecule has 3 aliphatic heterocycles. The molecule has 0 unspecified atom stereocenters. The third-order valence-corrected chi connectivity index (χ3v) is 6.27. The van der Waals surface area contributed by atoms with Crippen LogP contribution in [0.5, 0.6) is 0 Å². The van der Waals surface area contributed by atoms with Crippen LogP contribution in [0, 0.1) is 0 Å². The number of hydrogen-bond donors (Lipinski definition) is 9. The molecule has 0 aromatic rings. The van der Waals surface area contributed by atoms with Gasteiger partial charge in [-0.25, -0.2) is 0 Å². The van der Waals surface area contributed by atoms with Crippen molar-refractivity contribution in [3.05, 3.63) is 0 Å². The summed E-state index contributed by atoms with van der Waals surface area (Å²) in [5.41, 5.74) is 0. The SMILES string of the molecule is CO[C@H]1O[C@H](CO)[C@H](O[C@H]2O[C@H](CO)[C@@H](O)[C@H](O)[C@H]2O)[C@H](O[C@H]2O[C@@H](C)[C@@H](O)[C@@H](O)[C@@H]2O)[C@H]1O. The highest BCUT2D eigenvalue weighted by atomic mass is 16.8. The minimum absolute atomic E-state index is 0.694. The highest BCUT2D eigenvalue weighted by molar-refractivity contribution is 4.96. The standard InChI is InChI=1S/C19H34O15/c1-5-8(22)10(24)12(26)18(30-5)34-16-14(28)17(29-2)32-7(4-21)15(16)33-19-13(27)11(25)9(23)6(3-20)31-19/h5-28H,3-4H2,1-2H3/t5-,6+,7+,8+,9+,10+,11-,12-,13+,14+,15-,16+,17-,18+,19+/m0/s1. The van der Waals surface area contributed by atoms with Crippen LogP contribution in [0.1, 0.15) is 6.92 Å². The van der Waals surface area contributed by atoms with Crippen molar-refractivity contribution in [2.75, 3.05) is 20.3 Å². The third kappa shape index (κ3) is 5.39. The number of aliphatic hydroxyl groups is 9. The van der Waals surface area contributed by atoms with Crippen LogP contribution < -0.4 is 0 Å². The van der Waals surface area contributed by atoms with Gasteiger partial charge in [0.15, 0.2) is 18.9 Å². The summed E-state index contributed by atoms with van der Waals surface area (Å²) in [5.74, 6) is 0. The zero-order chi connectivity index (χ0) is 25.3. The Kier molecular flexibility index (Phi) is 9.57. The fourth-order valence-electron chi connectivity index (χ4n) is 4.17. The fourth-order valence-corrected chi connectivity index (χ4v) is 4.17. The van der Waals surface area contributed by atoms with Crippen LogP contribution in [0.15, 0.2) is 0 Å². The average Bonchev–Trinajstić information content (AvgIpc) is 2.83. The molecule has 0 radical (unpaired) electrons. The molecule has 34 heavy (non-hydrogen) atoms. The summed E-state index contributed by atoms with van der Waals surface area (Å²) >= 11 is 0. The van der Waals surface area contributed by atoms with Gasteiger partial charge in [-0.3, -0.25) is 0 Å². The normalized spacial score (nSPS) is 52.5. The Morgan fingerprint density at radius 2 is 1.06 bits per heavy atom. The van der Waals surface area contributed by atoms with E-state index in [0.29, 0.717) is 0 Å². The highest BCUT2D eigenvalue weighted by Crippen LogP contribution is 2.33. The maximum atomic E-state index is 10.8. The van der Waals surface area contributed by atoms with Gasteiger partial charge in [0.25, 0.3) is 0 Å². The molecule has 3 heterocycles. The van der Waals surface area contributed by atoms with Gasteiger partial charge in [0.1, 0.15) is 67.1 Å². The molecule has 3 saturated heterocycles. The Balaban J connectivity index is 1.86. The van der Waals surface area contributed by atoms with E-state index >= 15 is 0 Å². The van der Waals surface area contributed by atoms with Crippen LogP contribution in [-0.4, -0.2) is 158 Å². The van der Waals surface area contributed by atoms with Crippen molar-refractivity contribution in [1.82, 2.24) is 0 Å². The Hall–Kier alpha value is -0.600. The monoisotopic (exact) mass is 502 g/mol. The fraction of sp³-hybridized carbons (Fsp3) is 1.00. The van der Waals surface area contributed by atoms with E-state index < -0.39 is 105 Å². The van der Waals surface area contributed by atoms with E-state index in [1.54, 1.807) is 0 Å². The summed E-state index contributed by atoms with van der Waals surface area (Å²) in [6, 6.07) is 0. The molecule has 3 rings (SSSR count).